The van der Waals surface area contributed by atoms with Crippen molar-refractivity contribution in [1.29, 1.82) is 0 Å². The van der Waals surface area contributed by atoms with Gasteiger partial charge in [-0.1, -0.05) is 38.1 Å². The molecule has 1 heterocycles. The topological polar surface area (TPSA) is 24.5 Å². The Labute approximate surface area is 141 Å². The van der Waals surface area contributed by atoms with Crippen LogP contribution in [0.15, 0.2) is 24.3 Å². The van der Waals surface area contributed by atoms with Crippen LogP contribution in [-0.2, 0) is 11.3 Å². The van der Waals surface area contributed by atoms with Crippen molar-refractivity contribution in [2.75, 3.05) is 39.4 Å². The zero-order valence-corrected chi connectivity index (χ0v) is 14.5. The molecular formula is C16H26Cl2N2O-2. The number of halogens is 2. The SMILES string of the molecule is CC(C)c1ccc(CNCCN2CCOCC2)cc1.[Cl-].[Cl-]. The summed E-state index contributed by atoms with van der Waals surface area (Å²) in [5.74, 6) is 0.614. The molecule has 3 nitrogen and oxygen atoms in total. The number of morpholine rings is 1. The first-order chi connectivity index (χ1) is 9.25. The molecule has 1 fully saturated rings. The van der Waals surface area contributed by atoms with Crippen molar-refractivity contribution in [3.8, 4) is 0 Å². The lowest BCUT2D eigenvalue weighted by Gasteiger charge is -2.26. The highest BCUT2D eigenvalue weighted by Gasteiger charge is 2.08. The van der Waals surface area contributed by atoms with Crippen molar-refractivity contribution in [2.45, 2.75) is 26.3 Å². The van der Waals surface area contributed by atoms with Gasteiger partial charge in [-0.2, -0.15) is 0 Å². The molecule has 1 aromatic carbocycles. The van der Waals surface area contributed by atoms with Crippen LogP contribution in [0.4, 0.5) is 0 Å². The third-order valence-electron chi connectivity index (χ3n) is 3.68. The Morgan fingerprint density at radius 1 is 1.10 bits per heavy atom. The zero-order valence-electron chi connectivity index (χ0n) is 12.9. The molecule has 0 amide bonds. The monoisotopic (exact) mass is 332 g/mol. The van der Waals surface area contributed by atoms with Gasteiger partial charge in [0.1, 0.15) is 0 Å². The van der Waals surface area contributed by atoms with Crippen molar-refractivity contribution >= 4 is 0 Å². The molecule has 5 heteroatoms. The van der Waals surface area contributed by atoms with Gasteiger partial charge in [-0.3, -0.25) is 4.90 Å². The van der Waals surface area contributed by atoms with E-state index in [1.165, 1.54) is 11.1 Å². The number of benzene rings is 1. The molecule has 0 aromatic heterocycles. The van der Waals surface area contributed by atoms with E-state index in [1.807, 2.05) is 0 Å². The number of hydrogen-bond acceptors (Lipinski definition) is 3. The summed E-state index contributed by atoms with van der Waals surface area (Å²) in [6.07, 6.45) is 0. The first-order valence-electron chi connectivity index (χ1n) is 7.35. The average Bonchev–Trinajstić information content (AvgIpc) is 2.45. The van der Waals surface area contributed by atoms with E-state index in [0.29, 0.717) is 5.92 Å². The standard InChI is InChI=1S/C16H26N2O.2ClH/c1-14(2)16-5-3-15(4-6-16)13-17-7-8-18-9-11-19-12-10-18;;/h3-6,14,17H,7-13H2,1-2H3;2*1H/p-2. The van der Waals surface area contributed by atoms with E-state index in [4.69, 9.17) is 4.74 Å². The molecule has 0 atom stereocenters. The van der Waals surface area contributed by atoms with E-state index in [1.54, 1.807) is 0 Å². The molecule has 1 N–H and O–H groups in total. The molecule has 0 unspecified atom stereocenters. The number of ether oxygens (including phenoxy) is 1. The lowest BCUT2D eigenvalue weighted by atomic mass is 10.0. The van der Waals surface area contributed by atoms with Crippen LogP contribution in [0.5, 0.6) is 0 Å². The normalized spacial score (nSPS) is 15.4. The molecule has 0 saturated carbocycles. The van der Waals surface area contributed by atoms with E-state index < -0.39 is 0 Å². The highest BCUT2D eigenvalue weighted by Crippen LogP contribution is 2.14. The predicted molar refractivity (Wildman–Crippen MR) is 79.5 cm³/mol. The summed E-state index contributed by atoms with van der Waals surface area (Å²) in [6.45, 7) is 11.5. The number of nitrogens with one attached hydrogen (secondary N) is 1. The van der Waals surface area contributed by atoms with Gasteiger partial charge in [-0.15, -0.1) is 0 Å². The minimum atomic E-state index is 0. The van der Waals surface area contributed by atoms with Crippen LogP contribution in [0.3, 0.4) is 0 Å². The maximum atomic E-state index is 5.34. The molecule has 122 valence electrons. The van der Waals surface area contributed by atoms with Gasteiger partial charge in [0, 0.05) is 32.7 Å². The number of rotatable bonds is 6. The summed E-state index contributed by atoms with van der Waals surface area (Å²) in [7, 11) is 0. The third-order valence-corrected chi connectivity index (χ3v) is 3.68. The Bertz CT molecular complexity index is 365. The Morgan fingerprint density at radius 3 is 2.29 bits per heavy atom. The predicted octanol–water partition coefficient (Wildman–Crippen LogP) is -3.76. The Hall–Kier alpha value is -0.320. The minimum Gasteiger partial charge on any atom is -1.00 e. The molecule has 0 spiro atoms. The lowest BCUT2D eigenvalue weighted by molar-refractivity contribution is -0.001000. The van der Waals surface area contributed by atoms with Gasteiger partial charge in [0.15, 0.2) is 0 Å². The van der Waals surface area contributed by atoms with E-state index in [2.05, 4.69) is 48.3 Å². The second kappa shape index (κ2) is 11.3. The van der Waals surface area contributed by atoms with Crippen LogP contribution in [0.25, 0.3) is 0 Å². The van der Waals surface area contributed by atoms with Crippen LogP contribution in [0.2, 0.25) is 0 Å². The van der Waals surface area contributed by atoms with E-state index in [-0.39, 0.29) is 24.8 Å². The van der Waals surface area contributed by atoms with Crippen molar-refractivity contribution in [1.82, 2.24) is 10.2 Å². The summed E-state index contributed by atoms with van der Waals surface area (Å²) in [5.41, 5.74) is 2.78. The lowest BCUT2D eigenvalue weighted by Crippen LogP contribution is -3.00. The highest BCUT2D eigenvalue weighted by molar-refractivity contribution is 5.24. The van der Waals surface area contributed by atoms with Gasteiger partial charge in [0.05, 0.1) is 13.2 Å². The molecule has 1 aliphatic heterocycles. The Kier molecular flexibility index (Phi) is 11.1. The number of hydrogen-bond donors (Lipinski definition) is 1. The summed E-state index contributed by atoms with van der Waals surface area (Å²) < 4.78 is 5.34. The van der Waals surface area contributed by atoms with Crippen molar-refractivity contribution in [2.24, 2.45) is 0 Å². The van der Waals surface area contributed by atoms with E-state index in [9.17, 15) is 0 Å². The molecule has 21 heavy (non-hydrogen) atoms. The first kappa shape index (κ1) is 20.7. The van der Waals surface area contributed by atoms with E-state index in [0.717, 1.165) is 45.9 Å². The van der Waals surface area contributed by atoms with Gasteiger partial charge < -0.3 is 34.9 Å². The van der Waals surface area contributed by atoms with Gasteiger partial charge in [0.2, 0.25) is 0 Å². The minimum absolute atomic E-state index is 0. The van der Waals surface area contributed by atoms with Gasteiger partial charge >= 0.3 is 0 Å². The summed E-state index contributed by atoms with van der Waals surface area (Å²) >= 11 is 0. The Morgan fingerprint density at radius 2 is 1.71 bits per heavy atom. The summed E-state index contributed by atoms with van der Waals surface area (Å²) in [6, 6.07) is 8.95. The summed E-state index contributed by atoms with van der Waals surface area (Å²) in [4.78, 5) is 2.46. The Balaban J connectivity index is 0.00000200. The summed E-state index contributed by atoms with van der Waals surface area (Å²) in [5, 5.41) is 3.52. The van der Waals surface area contributed by atoms with Gasteiger partial charge in [0.25, 0.3) is 0 Å². The average molecular weight is 333 g/mol. The quantitative estimate of drug-likeness (QED) is 0.542. The van der Waals surface area contributed by atoms with Crippen molar-refractivity contribution in [3.63, 3.8) is 0 Å². The molecule has 1 aliphatic rings. The molecule has 1 aromatic rings. The van der Waals surface area contributed by atoms with Crippen LogP contribution in [0, 0.1) is 0 Å². The zero-order chi connectivity index (χ0) is 13.5. The van der Waals surface area contributed by atoms with Crippen LogP contribution in [-0.4, -0.2) is 44.3 Å². The fourth-order valence-corrected chi connectivity index (χ4v) is 2.32. The molecule has 0 radical (unpaired) electrons. The van der Waals surface area contributed by atoms with E-state index >= 15 is 0 Å². The number of nitrogens with zero attached hydrogens (tertiary/aromatic N) is 1. The molecule has 0 bridgehead atoms. The largest absolute Gasteiger partial charge is 1.00 e. The van der Waals surface area contributed by atoms with Gasteiger partial charge in [-0.25, -0.2) is 0 Å². The van der Waals surface area contributed by atoms with Crippen LogP contribution in [0.1, 0.15) is 30.9 Å². The van der Waals surface area contributed by atoms with Crippen molar-refractivity contribution < 1.29 is 29.6 Å². The maximum Gasteiger partial charge on any atom is 0.0594 e. The van der Waals surface area contributed by atoms with Gasteiger partial charge in [-0.05, 0) is 17.0 Å². The van der Waals surface area contributed by atoms with Crippen LogP contribution >= 0.6 is 0 Å². The smallest absolute Gasteiger partial charge is 0.0594 e. The molecule has 0 aliphatic carbocycles. The third kappa shape index (κ3) is 7.48. The van der Waals surface area contributed by atoms with Crippen molar-refractivity contribution in [3.05, 3.63) is 35.4 Å². The molecule has 2 rings (SSSR count). The highest BCUT2D eigenvalue weighted by atomic mass is 35.5. The molecular weight excluding hydrogens is 307 g/mol. The second-order valence-electron chi connectivity index (χ2n) is 5.53. The fourth-order valence-electron chi connectivity index (χ4n) is 2.32. The maximum absolute atomic E-state index is 5.34. The van der Waals surface area contributed by atoms with Crippen LogP contribution < -0.4 is 30.1 Å². The first-order valence-corrected chi connectivity index (χ1v) is 7.35. The fraction of sp³-hybridized carbons (Fsp3) is 0.625. The second-order valence-corrected chi connectivity index (χ2v) is 5.53. The molecule has 1 saturated heterocycles.